The normalized spacial score (nSPS) is 24.6. The van der Waals surface area contributed by atoms with E-state index in [1.165, 1.54) is 18.6 Å². The minimum atomic E-state index is -3.75. The Morgan fingerprint density at radius 1 is 1.20 bits per heavy atom. The number of nitrogens with one attached hydrogen (secondary N) is 1. The third kappa shape index (κ3) is 3.41. The maximum absolute atomic E-state index is 11.4. The summed E-state index contributed by atoms with van der Waals surface area (Å²) < 4.78 is 22.9. The molecule has 6 nitrogen and oxygen atoms in total. The van der Waals surface area contributed by atoms with Gasteiger partial charge < -0.3 is 11.2 Å². The molecule has 0 amide bonds. The Labute approximate surface area is 120 Å². The first-order chi connectivity index (χ1) is 9.27. The smallest absolute Gasteiger partial charge is 0.238 e. The minimum Gasteiger partial charge on any atom is -0.399 e. The van der Waals surface area contributed by atoms with Gasteiger partial charge in [0.05, 0.1) is 10.6 Å². The van der Waals surface area contributed by atoms with Crippen LogP contribution in [0.15, 0.2) is 23.1 Å². The molecule has 0 saturated carbocycles. The molecule has 1 fully saturated rings. The number of hydrogen-bond donors (Lipinski definition) is 3. The molecule has 20 heavy (non-hydrogen) atoms. The van der Waals surface area contributed by atoms with Crippen molar-refractivity contribution < 1.29 is 8.42 Å². The Bertz CT molecular complexity index is 578. The fourth-order valence-electron chi connectivity index (χ4n) is 2.64. The molecule has 2 unspecified atom stereocenters. The van der Waals surface area contributed by atoms with Gasteiger partial charge in [0.2, 0.25) is 10.0 Å². The van der Waals surface area contributed by atoms with Crippen molar-refractivity contribution in [3.8, 4) is 0 Å². The van der Waals surface area contributed by atoms with Crippen LogP contribution in [0, 0.1) is 0 Å². The summed E-state index contributed by atoms with van der Waals surface area (Å²) in [7, 11) is -3.75. The lowest BCUT2D eigenvalue weighted by Gasteiger charge is -2.39. The Hall–Kier alpha value is -1.31. The average Bonchev–Trinajstić information content (AvgIpc) is 2.32. The van der Waals surface area contributed by atoms with E-state index >= 15 is 0 Å². The number of rotatable bonds is 3. The molecular formula is C13H22N4O2S. The molecule has 1 saturated heterocycles. The predicted molar refractivity (Wildman–Crippen MR) is 80.5 cm³/mol. The Kier molecular flexibility index (Phi) is 4.22. The largest absolute Gasteiger partial charge is 0.399 e. The van der Waals surface area contributed by atoms with E-state index in [0.29, 0.717) is 23.5 Å². The summed E-state index contributed by atoms with van der Waals surface area (Å²) in [6.07, 6.45) is 3.43. The van der Waals surface area contributed by atoms with Crippen LogP contribution in [0.3, 0.4) is 0 Å². The van der Waals surface area contributed by atoms with Crippen LogP contribution in [0.5, 0.6) is 0 Å². The van der Waals surface area contributed by atoms with Crippen molar-refractivity contribution in [3.63, 3.8) is 0 Å². The van der Waals surface area contributed by atoms with Crippen molar-refractivity contribution in [1.29, 1.82) is 0 Å². The maximum Gasteiger partial charge on any atom is 0.238 e. The molecular weight excluding hydrogens is 276 g/mol. The highest BCUT2D eigenvalue weighted by molar-refractivity contribution is 7.89. The highest BCUT2D eigenvalue weighted by Crippen LogP contribution is 2.25. The monoisotopic (exact) mass is 298 g/mol. The number of hydrazine groups is 1. The summed E-state index contributed by atoms with van der Waals surface area (Å²) in [6, 6.07) is 5.36. The summed E-state index contributed by atoms with van der Waals surface area (Å²) in [5, 5.41) is 7.30. The first kappa shape index (κ1) is 15.1. The lowest BCUT2D eigenvalue weighted by Crippen LogP contribution is -2.47. The maximum atomic E-state index is 11.4. The molecule has 0 radical (unpaired) electrons. The molecule has 0 bridgehead atoms. The second-order valence-corrected chi connectivity index (χ2v) is 7.05. The molecule has 7 heteroatoms. The third-order valence-corrected chi connectivity index (χ3v) is 4.60. The molecule has 112 valence electrons. The van der Waals surface area contributed by atoms with Gasteiger partial charge in [-0.3, -0.25) is 0 Å². The lowest BCUT2D eigenvalue weighted by molar-refractivity contribution is 0.136. The summed E-state index contributed by atoms with van der Waals surface area (Å²) in [6.45, 7) is 4.30. The number of nitrogens with zero attached hydrogens (tertiary/aromatic N) is 1. The van der Waals surface area contributed by atoms with Crippen LogP contribution in [0.25, 0.3) is 0 Å². The highest BCUT2D eigenvalue weighted by atomic mass is 32.2. The van der Waals surface area contributed by atoms with Gasteiger partial charge in [0.15, 0.2) is 0 Å². The van der Waals surface area contributed by atoms with Gasteiger partial charge in [-0.2, -0.15) is 0 Å². The van der Waals surface area contributed by atoms with Crippen LogP contribution in [0.4, 0.5) is 11.4 Å². The summed E-state index contributed by atoms with van der Waals surface area (Å²) in [5.74, 6) is 0. The number of primary sulfonamides is 1. The second kappa shape index (κ2) is 5.59. The Morgan fingerprint density at radius 3 is 2.35 bits per heavy atom. The first-order valence-electron chi connectivity index (χ1n) is 6.76. The highest BCUT2D eigenvalue weighted by Gasteiger charge is 2.25. The molecule has 0 spiro atoms. The molecule has 1 aliphatic rings. The van der Waals surface area contributed by atoms with Gasteiger partial charge >= 0.3 is 0 Å². The van der Waals surface area contributed by atoms with Gasteiger partial charge in [-0.25, -0.2) is 18.6 Å². The molecule has 2 atom stereocenters. The van der Waals surface area contributed by atoms with Crippen molar-refractivity contribution in [1.82, 2.24) is 5.01 Å². The SMILES string of the molecule is CC1CCCC(C)N1Nc1cc(N)cc(S(N)(=O)=O)c1. The first-order valence-corrected chi connectivity index (χ1v) is 8.30. The quantitative estimate of drug-likeness (QED) is 0.734. The number of hydrogen-bond acceptors (Lipinski definition) is 5. The number of sulfonamides is 1. The zero-order valence-corrected chi connectivity index (χ0v) is 12.7. The van der Waals surface area contributed by atoms with Crippen LogP contribution in [-0.4, -0.2) is 25.5 Å². The van der Waals surface area contributed by atoms with E-state index in [4.69, 9.17) is 10.9 Å². The van der Waals surface area contributed by atoms with Crippen molar-refractivity contribution in [2.45, 2.75) is 50.1 Å². The Morgan fingerprint density at radius 2 is 1.80 bits per heavy atom. The summed E-state index contributed by atoms with van der Waals surface area (Å²) in [4.78, 5) is 0.0253. The molecule has 1 aliphatic heterocycles. The lowest BCUT2D eigenvalue weighted by atomic mass is 10.00. The second-order valence-electron chi connectivity index (χ2n) is 5.48. The van der Waals surface area contributed by atoms with Gasteiger partial charge in [0, 0.05) is 17.8 Å². The zero-order chi connectivity index (χ0) is 14.9. The van der Waals surface area contributed by atoms with Gasteiger partial charge in [-0.1, -0.05) is 6.42 Å². The van der Waals surface area contributed by atoms with Crippen molar-refractivity contribution in [2.24, 2.45) is 5.14 Å². The number of piperidine rings is 1. The predicted octanol–water partition coefficient (Wildman–Crippen LogP) is 1.51. The van der Waals surface area contributed by atoms with E-state index in [9.17, 15) is 8.42 Å². The molecule has 5 N–H and O–H groups in total. The standard InChI is InChI=1S/C13H22N4O2S/c1-9-4-3-5-10(2)17(9)16-12-6-11(14)7-13(8-12)20(15,18)19/h6-10,16H,3-5,14H2,1-2H3,(H2,15,18,19). The van der Waals surface area contributed by atoms with E-state index in [2.05, 4.69) is 24.3 Å². The Balaban J connectivity index is 2.27. The van der Waals surface area contributed by atoms with E-state index in [1.807, 2.05) is 0 Å². The van der Waals surface area contributed by atoms with Crippen molar-refractivity contribution in [3.05, 3.63) is 18.2 Å². The van der Waals surface area contributed by atoms with Crippen LogP contribution >= 0.6 is 0 Å². The molecule has 1 aromatic carbocycles. The fraction of sp³-hybridized carbons (Fsp3) is 0.538. The molecule has 0 aliphatic carbocycles. The van der Waals surface area contributed by atoms with E-state index < -0.39 is 10.0 Å². The van der Waals surface area contributed by atoms with Gasteiger partial charge in [-0.05, 0) is 44.9 Å². The van der Waals surface area contributed by atoms with Crippen molar-refractivity contribution >= 4 is 21.4 Å². The number of anilines is 2. The van der Waals surface area contributed by atoms with Crippen LogP contribution in [0.2, 0.25) is 0 Å². The summed E-state index contributed by atoms with van der Waals surface area (Å²) in [5.41, 5.74) is 10.0. The van der Waals surface area contributed by atoms with Gasteiger partial charge in [0.25, 0.3) is 0 Å². The zero-order valence-electron chi connectivity index (χ0n) is 11.8. The van der Waals surface area contributed by atoms with Gasteiger partial charge in [0.1, 0.15) is 0 Å². The van der Waals surface area contributed by atoms with E-state index in [-0.39, 0.29) is 4.90 Å². The number of nitrogen functional groups attached to an aromatic ring is 1. The van der Waals surface area contributed by atoms with Gasteiger partial charge in [-0.15, -0.1) is 0 Å². The minimum absolute atomic E-state index is 0.0253. The van der Waals surface area contributed by atoms with Crippen LogP contribution in [0.1, 0.15) is 33.1 Å². The third-order valence-electron chi connectivity index (χ3n) is 3.71. The summed E-state index contributed by atoms with van der Waals surface area (Å²) >= 11 is 0. The topological polar surface area (TPSA) is 101 Å². The fourth-order valence-corrected chi connectivity index (χ4v) is 3.23. The van der Waals surface area contributed by atoms with Crippen molar-refractivity contribution in [2.75, 3.05) is 11.2 Å². The number of benzene rings is 1. The van der Waals surface area contributed by atoms with Crippen LogP contribution in [-0.2, 0) is 10.0 Å². The molecule has 1 heterocycles. The molecule has 2 rings (SSSR count). The average molecular weight is 298 g/mol. The molecule has 1 aromatic rings. The van der Waals surface area contributed by atoms with E-state index in [1.54, 1.807) is 6.07 Å². The van der Waals surface area contributed by atoms with Crippen LogP contribution < -0.4 is 16.3 Å². The molecule has 0 aromatic heterocycles. The number of nitrogens with two attached hydrogens (primary N) is 2. The van der Waals surface area contributed by atoms with E-state index in [0.717, 1.165) is 12.8 Å².